The lowest BCUT2D eigenvalue weighted by Gasteiger charge is -2.11. The number of benzene rings is 1. The van der Waals surface area contributed by atoms with Crippen molar-refractivity contribution in [2.45, 2.75) is 6.42 Å². The van der Waals surface area contributed by atoms with E-state index in [1.165, 1.54) is 6.33 Å². The van der Waals surface area contributed by atoms with Crippen molar-refractivity contribution in [2.75, 3.05) is 25.1 Å². The van der Waals surface area contributed by atoms with Crippen molar-refractivity contribution < 1.29 is 9.84 Å². The smallest absolute Gasteiger partial charge is 0.220 e. The van der Waals surface area contributed by atoms with E-state index in [-0.39, 0.29) is 13.2 Å². The number of rotatable bonds is 3. The summed E-state index contributed by atoms with van der Waals surface area (Å²) in [5.41, 5.74) is 4.04. The van der Waals surface area contributed by atoms with Gasteiger partial charge in [-0.3, -0.25) is 0 Å². The molecule has 1 aliphatic heterocycles. The number of hydrogen-bond donors (Lipinski definition) is 2. The highest BCUT2D eigenvalue weighted by atomic mass is 16.5. The van der Waals surface area contributed by atoms with E-state index in [9.17, 15) is 0 Å². The van der Waals surface area contributed by atoms with Gasteiger partial charge in [0.15, 0.2) is 0 Å². The van der Waals surface area contributed by atoms with Crippen LogP contribution in [0.25, 0.3) is 11.3 Å². The Hall–Kier alpha value is -2.14. The zero-order valence-corrected chi connectivity index (χ0v) is 10.5. The predicted molar refractivity (Wildman–Crippen MR) is 72.2 cm³/mol. The maximum absolute atomic E-state index is 8.86. The van der Waals surface area contributed by atoms with Gasteiger partial charge >= 0.3 is 0 Å². The van der Waals surface area contributed by atoms with Gasteiger partial charge in [0, 0.05) is 23.4 Å². The van der Waals surface area contributed by atoms with Gasteiger partial charge in [-0.2, -0.15) is 0 Å². The van der Waals surface area contributed by atoms with E-state index >= 15 is 0 Å². The minimum Gasteiger partial charge on any atom is -0.475 e. The maximum atomic E-state index is 8.86. The molecule has 2 aromatic rings. The Bertz CT molecular complexity index is 587. The van der Waals surface area contributed by atoms with Crippen molar-refractivity contribution in [3.63, 3.8) is 0 Å². The quantitative estimate of drug-likeness (QED) is 0.871. The molecule has 2 N–H and O–H groups in total. The summed E-state index contributed by atoms with van der Waals surface area (Å²) in [6.07, 6.45) is 2.30. The number of nitrogens with one attached hydrogen (secondary N) is 1. The zero-order valence-electron chi connectivity index (χ0n) is 10.5. The van der Waals surface area contributed by atoms with Gasteiger partial charge in [-0.05, 0) is 12.5 Å². The highest BCUT2D eigenvalue weighted by Gasteiger charge is 2.19. The lowest BCUT2D eigenvalue weighted by molar-refractivity contribution is 0.195. The molecule has 98 valence electrons. The molecule has 0 amide bonds. The third-order valence-corrected chi connectivity index (χ3v) is 3.11. The van der Waals surface area contributed by atoms with Crippen molar-refractivity contribution in [3.05, 3.63) is 36.2 Å². The van der Waals surface area contributed by atoms with Crippen molar-refractivity contribution >= 4 is 5.69 Å². The number of nitrogens with zero attached hydrogens (tertiary/aromatic N) is 2. The Balaban J connectivity index is 2.09. The topological polar surface area (TPSA) is 67.3 Å². The number of ether oxygens (including phenoxy) is 1. The van der Waals surface area contributed by atoms with Gasteiger partial charge in [0.05, 0.1) is 12.3 Å². The fraction of sp³-hybridized carbons (Fsp3) is 0.286. The van der Waals surface area contributed by atoms with Crippen molar-refractivity contribution in [2.24, 2.45) is 0 Å². The second-order valence-corrected chi connectivity index (χ2v) is 4.30. The Kier molecular flexibility index (Phi) is 3.29. The van der Waals surface area contributed by atoms with Gasteiger partial charge in [0.1, 0.15) is 12.9 Å². The number of para-hydroxylation sites is 1. The van der Waals surface area contributed by atoms with E-state index in [0.717, 1.165) is 35.5 Å². The molecule has 0 radical (unpaired) electrons. The first kappa shape index (κ1) is 11.9. The van der Waals surface area contributed by atoms with E-state index < -0.39 is 0 Å². The average Bonchev–Trinajstić information content (AvgIpc) is 2.65. The van der Waals surface area contributed by atoms with E-state index in [1.54, 1.807) is 0 Å². The first-order chi connectivity index (χ1) is 9.40. The average molecular weight is 257 g/mol. The van der Waals surface area contributed by atoms with Crippen LogP contribution in [0.2, 0.25) is 0 Å². The SMILES string of the molecule is OCCOc1ncnc2c1CCNc1ccccc1-2. The van der Waals surface area contributed by atoms with Crippen molar-refractivity contribution in [1.82, 2.24) is 9.97 Å². The van der Waals surface area contributed by atoms with E-state index in [1.807, 2.05) is 24.3 Å². The molecule has 5 heteroatoms. The Morgan fingerprint density at radius 3 is 3.05 bits per heavy atom. The predicted octanol–water partition coefficient (Wildman–Crippen LogP) is 1.48. The van der Waals surface area contributed by atoms with Crippen LogP contribution in [0.3, 0.4) is 0 Å². The van der Waals surface area contributed by atoms with Crippen LogP contribution in [0.1, 0.15) is 5.56 Å². The molecular formula is C14H15N3O2. The van der Waals surface area contributed by atoms with E-state index in [0.29, 0.717) is 5.88 Å². The second kappa shape index (κ2) is 5.24. The number of anilines is 1. The molecule has 1 aromatic carbocycles. The monoisotopic (exact) mass is 257 g/mol. The largest absolute Gasteiger partial charge is 0.475 e. The first-order valence-corrected chi connectivity index (χ1v) is 6.31. The molecule has 0 bridgehead atoms. The molecule has 0 saturated heterocycles. The summed E-state index contributed by atoms with van der Waals surface area (Å²) >= 11 is 0. The summed E-state index contributed by atoms with van der Waals surface area (Å²) in [4.78, 5) is 8.57. The molecule has 0 atom stereocenters. The van der Waals surface area contributed by atoms with Gasteiger partial charge in [0.25, 0.3) is 0 Å². The molecule has 1 aromatic heterocycles. The van der Waals surface area contributed by atoms with Crippen LogP contribution in [0.5, 0.6) is 5.88 Å². The molecule has 1 aliphatic rings. The third-order valence-electron chi connectivity index (χ3n) is 3.11. The normalized spacial score (nSPS) is 12.9. The Morgan fingerprint density at radius 2 is 2.16 bits per heavy atom. The lowest BCUT2D eigenvalue weighted by Crippen LogP contribution is -2.08. The van der Waals surface area contributed by atoms with Crippen molar-refractivity contribution in [3.8, 4) is 17.1 Å². The molecule has 3 rings (SSSR count). The molecule has 5 nitrogen and oxygen atoms in total. The highest BCUT2D eigenvalue weighted by Crippen LogP contribution is 2.34. The summed E-state index contributed by atoms with van der Waals surface area (Å²) in [5, 5.41) is 12.2. The molecule has 0 saturated carbocycles. The van der Waals surface area contributed by atoms with Crippen LogP contribution in [0.4, 0.5) is 5.69 Å². The minimum atomic E-state index is -0.0202. The van der Waals surface area contributed by atoms with E-state index in [2.05, 4.69) is 15.3 Å². The first-order valence-electron chi connectivity index (χ1n) is 6.31. The Labute approximate surface area is 111 Å². The van der Waals surface area contributed by atoms with Gasteiger partial charge in [0.2, 0.25) is 5.88 Å². The standard InChI is InChI=1S/C14H15N3O2/c18-7-8-19-14-11-5-6-15-12-4-2-1-3-10(12)13(11)16-9-17-14/h1-4,9,15,18H,5-8H2. The highest BCUT2D eigenvalue weighted by molar-refractivity contribution is 5.79. The molecule has 0 aliphatic carbocycles. The molecule has 0 spiro atoms. The number of aromatic nitrogens is 2. The van der Waals surface area contributed by atoms with Gasteiger partial charge in [-0.25, -0.2) is 9.97 Å². The number of aliphatic hydroxyl groups excluding tert-OH is 1. The number of aliphatic hydroxyl groups is 1. The summed E-state index contributed by atoms with van der Waals surface area (Å²) in [7, 11) is 0. The minimum absolute atomic E-state index is 0.0202. The maximum Gasteiger partial charge on any atom is 0.220 e. The lowest BCUT2D eigenvalue weighted by atomic mass is 10.0. The fourth-order valence-corrected chi connectivity index (χ4v) is 2.29. The molecule has 19 heavy (non-hydrogen) atoms. The second-order valence-electron chi connectivity index (χ2n) is 4.30. The van der Waals surface area contributed by atoms with Gasteiger partial charge < -0.3 is 15.2 Å². The third kappa shape index (κ3) is 2.24. The van der Waals surface area contributed by atoms with Crippen LogP contribution < -0.4 is 10.1 Å². The zero-order chi connectivity index (χ0) is 13.1. The van der Waals surface area contributed by atoms with Crippen LogP contribution in [-0.2, 0) is 6.42 Å². The molecular weight excluding hydrogens is 242 g/mol. The fourth-order valence-electron chi connectivity index (χ4n) is 2.29. The molecule has 0 fully saturated rings. The van der Waals surface area contributed by atoms with Crippen LogP contribution in [0.15, 0.2) is 30.6 Å². The van der Waals surface area contributed by atoms with Crippen LogP contribution in [0, 0.1) is 0 Å². The summed E-state index contributed by atoms with van der Waals surface area (Å²) in [6.45, 7) is 1.04. The summed E-state index contributed by atoms with van der Waals surface area (Å²) in [6, 6.07) is 8.07. The number of hydrogen-bond acceptors (Lipinski definition) is 5. The molecule has 2 heterocycles. The summed E-state index contributed by atoms with van der Waals surface area (Å²) < 4.78 is 5.50. The Morgan fingerprint density at radius 1 is 1.26 bits per heavy atom. The van der Waals surface area contributed by atoms with Gasteiger partial charge in [-0.1, -0.05) is 18.2 Å². The van der Waals surface area contributed by atoms with Crippen molar-refractivity contribution in [1.29, 1.82) is 0 Å². The van der Waals surface area contributed by atoms with Crippen LogP contribution in [-0.4, -0.2) is 34.8 Å². The molecule has 0 unspecified atom stereocenters. The number of fused-ring (bicyclic) bond motifs is 3. The van der Waals surface area contributed by atoms with Crippen LogP contribution >= 0.6 is 0 Å². The van der Waals surface area contributed by atoms with E-state index in [4.69, 9.17) is 9.84 Å². The van der Waals surface area contributed by atoms with Gasteiger partial charge in [-0.15, -0.1) is 0 Å². The summed E-state index contributed by atoms with van der Waals surface area (Å²) in [5.74, 6) is 0.567.